The minimum atomic E-state index is 0.165. The minimum Gasteiger partial charge on any atom is -0.492 e. The molecule has 2 saturated heterocycles. The molecule has 2 unspecified atom stereocenters. The number of nitrogens with two attached hydrogens (primary N) is 1. The molecule has 0 amide bonds. The van der Waals surface area contributed by atoms with E-state index < -0.39 is 0 Å². The molecule has 122 valence electrons. The molecule has 0 radical (unpaired) electrons. The van der Waals surface area contributed by atoms with Gasteiger partial charge in [-0.1, -0.05) is 13.0 Å². The Kier molecular flexibility index (Phi) is 4.78. The zero-order chi connectivity index (χ0) is 15.7. The Hall–Kier alpha value is -0.620. The van der Waals surface area contributed by atoms with Crippen LogP contribution < -0.4 is 10.5 Å². The van der Waals surface area contributed by atoms with Gasteiger partial charge in [-0.3, -0.25) is 4.90 Å². The molecule has 0 spiro atoms. The first kappa shape index (κ1) is 16.2. The van der Waals surface area contributed by atoms with Gasteiger partial charge in [0.25, 0.3) is 0 Å². The van der Waals surface area contributed by atoms with E-state index in [1.807, 2.05) is 0 Å². The molecule has 5 heteroatoms. The van der Waals surface area contributed by atoms with Crippen molar-refractivity contribution in [1.29, 1.82) is 0 Å². The van der Waals surface area contributed by atoms with Gasteiger partial charge in [0.1, 0.15) is 5.75 Å². The highest BCUT2D eigenvalue weighted by molar-refractivity contribution is 9.10. The Balaban J connectivity index is 1.66. The van der Waals surface area contributed by atoms with E-state index in [1.165, 1.54) is 5.56 Å². The van der Waals surface area contributed by atoms with Crippen LogP contribution >= 0.6 is 15.9 Å². The molecule has 0 aromatic heterocycles. The van der Waals surface area contributed by atoms with E-state index in [-0.39, 0.29) is 5.41 Å². The van der Waals surface area contributed by atoms with Crippen molar-refractivity contribution in [1.82, 2.24) is 4.90 Å². The van der Waals surface area contributed by atoms with Crippen LogP contribution in [0.25, 0.3) is 0 Å². The van der Waals surface area contributed by atoms with E-state index in [9.17, 15) is 0 Å². The van der Waals surface area contributed by atoms with Gasteiger partial charge in [0.05, 0.1) is 24.3 Å². The molecule has 2 atom stereocenters. The number of rotatable bonds is 5. The lowest BCUT2D eigenvalue weighted by molar-refractivity contribution is -0.120. The molecular weight excluding hydrogens is 344 g/mol. The molecule has 1 aromatic rings. The number of hydrogen-bond donors (Lipinski definition) is 1. The first-order chi connectivity index (χ1) is 10.5. The maximum Gasteiger partial charge on any atom is 0.133 e. The second-order valence-electron chi connectivity index (χ2n) is 7.07. The smallest absolute Gasteiger partial charge is 0.133 e. The molecule has 0 saturated carbocycles. The monoisotopic (exact) mass is 368 g/mol. The Morgan fingerprint density at radius 1 is 1.45 bits per heavy atom. The summed E-state index contributed by atoms with van der Waals surface area (Å²) in [6.07, 6.45) is 1.13. The van der Waals surface area contributed by atoms with Gasteiger partial charge in [0, 0.05) is 18.0 Å². The Bertz CT molecular complexity index is 533. The van der Waals surface area contributed by atoms with Gasteiger partial charge in [0.15, 0.2) is 0 Å². The fourth-order valence-corrected chi connectivity index (χ4v) is 3.80. The molecule has 0 aliphatic carbocycles. The van der Waals surface area contributed by atoms with Crippen LogP contribution in [0, 0.1) is 11.3 Å². The van der Waals surface area contributed by atoms with Crippen molar-refractivity contribution >= 4 is 15.9 Å². The van der Waals surface area contributed by atoms with Crippen molar-refractivity contribution in [2.45, 2.75) is 19.4 Å². The highest BCUT2D eigenvalue weighted by atomic mass is 79.9. The number of nitrogens with zero attached hydrogens (tertiary/aromatic N) is 1. The molecule has 4 nitrogen and oxygen atoms in total. The van der Waals surface area contributed by atoms with Crippen LogP contribution in [-0.2, 0) is 4.74 Å². The Morgan fingerprint density at radius 3 is 2.77 bits per heavy atom. The van der Waals surface area contributed by atoms with Crippen molar-refractivity contribution in [3.63, 3.8) is 0 Å². The number of ether oxygens (including phenoxy) is 2. The van der Waals surface area contributed by atoms with Crippen LogP contribution in [0.3, 0.4) is 0 Å². The average molecular weight is 369 g/mol. The van der Waals surface area contributed by atoms with Crippen LogP contribution in [0.2, 0.25) is 0 Å². The van der Waals surface area contributed by atoms with Gasteiger partial charge in [0.2, 0.25) is 0 Å². The molecule has 2 aliphatic heterocycles. The van der Waals surface area contributed by atoms with Crippen molar-refractivity contribution in [3.05, 3.63) is 28.2 Å². The molecule has 2 fully saturated rings. The third kappa shape index (κ3) is 3.32. The van der Waals surface area contributed by atoms with Crippen LogP contribution in [0.5, 0.6) is 5.75 Å². The van der Waals surface area contributed by atoms with Crippen molar-refractivity contribution in [2.75, 3.05) is 40.0 Å². The molecule has 1 aromatic carbocycles. The molecule has 0 bridgehead atoms. The quantitative estimate of drug-likeness (QED) is 0.867. The first-order valence-electron chi connectivity index (χ1n) is 7.91. The van der Waals surface area contributed by atoms with E-state index >= 15 is 0 Å². The first-order valence-corrected chi connectivity index (χ1v) is 8.70. The number of likely N-dealkylation sites (tertiary alicyclic amines) is 1. The molecule has 2 aliphatic rings. The lowest BCUT2D eigenvalue weighted by Gasteiger charge is -2.37. The third-order valence-corrected chi connectivity index (χ3v) is 5.41. The molecule has 22 heavy (non-hydrogen) atoms. The largest absolute Gasteiger partial charge is 0.492 e. The summed E-state index contributed by atoms with van der Waals surface area (Å²) in [7, 11) is 2.18. The lowest BCUT2D eigenvalue weighted by Crippen LogP contribution is -2.44. The summed E-state index contributed by atoms with van der Waals surface area (Å²) in [5.74, 6) is 1.51. The maximum atomic E-state index is 5.97. The van der Waals surface area contributed by atoms with E-state index in [1.54, 1.807) is 0 Å². The summed E-state index contributed by atoms with van der Waals surface area (Å²) in [5.41, 5.74) is 7.32. The van der Waals surface area contributed by atoms with E-state index in [0.29, 0.717) is 18.6 Å². The van der Waals surface area contributed by atoms with Gasteiger partial charge in [-0.05, 0) is 59.6 Å². The number of benzene rings is 1. The predicted octanol–water partition coefficient (Wildman–Crippen LogP) is 2.82. The zero-order valence-corrected chi connectivity index (χ0v) is 14.9. The van der Waals surface area contributed by atoms with Gasteiger partial charge in [-0.25, -0.2) is 0 Å². The van der Waals surface area contributed by atoms with Crippen LogP contribution in [0.1, 0.15) is 24.9 Å². The molecule has 2 heterocycles. The fraction of sp³-hybridized carbons (Fsp3) is 0.647. The van der Waals surface area contributed by atoms with Crippen LogP contribution in [-0.4, -0.2) is 44.9 Å². The third-order valence-electron chi connectivity index (χ3n) is 4.79. The second kappa shape index (κ2) is 6.48. The Morgan fingerprint density at radius 2 is 2.23 bits per heavy atom. The van der Waals surface area contributed by atoms with E-state index in [2.05, 4.69) is 53.0 Å². The summed E-state index contributed by atoms with van der Waals surface area (Å²) >= 11 is 3.65. The highest BCUT2D eigenvalue weighted by Gasteiger charge is 2.34. The van der Waals surface area contributed by atoms with Crippen molar-refractivity contribution in [2.24, 2.45) is 17.1 Å². The van der Waals surface area contributed by atoms with Crippen LogP contribution in [0.15, 0.2) is 22.7 Å². The summed E-state index contributed by atoms with van der Waals surface area (Å²) in [6.45, 7) is 6.31. The van der Waals surface area contributed by atoms with Gasteiger partial charge in [-0.15, -0.1) is 0 Å². The normalized spacial score (nSPS) is 27.6. The lowest BCUT2D eigenvalue weighted by atomic mass is 9.90. The maximum absolute atomic E-state index is 5.97. The summed E-state index contributed by atoms with van der Waals surface area (Å²) in [6, 6.07) is 6.90. The van der Waals surface area contributed by atoms with E-state index in [4.69, 9.17) is 15.2 Å². The number of halogens is 1. The van der Waals surface area contributed by atoms with Gasteiger partial charge in [-0.2, -0.15) is 0 Å². The van der Waals surface area contributed by atoms with Crippen molar-refractivity contribution in [3.8, 4) is 5.75 Å². The zero-order valence-electron chi connectivity index (χ0n) is 13.3. The minimum absolute atomic E-state index is 0.165. The summed E-state index contributed by atoms with van der Waals surface area (Å²) < 4.78 is 12.3. The van der Waals surface area contributed by atoms with Gasteiger partial charge >= 0.3 is 0 Å². The number of hydrogen-bond acceptors (Lipinski definition) is 4. The van der Waals surface area contributed by atoms with Crippen LogP contribution in [0.4, 0.5) is 0 Å². The highest BCUT2D eigenvalue weighted by Crippen LogP contribution is 2.37. The topological polar surface area (TPSA) is 47.7 Å². The molecule has 3 rings (SSSR count). The molecular formula is C17H25BrN2O2. The van der Waals surface area contributed by atoms with E-state index in [0.717, 1.165) is 42.9 Å². The SMILES string of the molecule is CN1CC(CN)CC1c1ccc(OCC2(C)COC2)c(Br)c1. The average Bonchev–Trinajstić information content (AvgIpc) is 2.85. The standard InChI is InChI=1S/C17H25BrN2O2/c1-17(9-21-10-17)11-22-16-4-3-13(6-14(16)18)15-5-12(7-19)8-20(15)2/h3-4,6,12,15H,5,7-11,19H2,1-2H3. The second-order valence-corrected chi connectivity index (χ2v) is 7.93. The van der Waals surface area contributed by atoms with Gasteiger partial charge < -0.3 is 15.2 Å². The summed E-state index contributed by atoms with van der Waals surface area (Å²) in [4.78, 5) is 2.40. The fourth-order valence-electron chi connectivity index (χ4n) is 3.29. The van der Waals surface area contributed by atoms with Crippen molar-refractivity contribution < 1.29 is 9.47 Å². The predicted molar refractivity (Wildman–Crippen MR) is 91.1 cm³/mol. The summed E-state index contributed by atoms with van der Waals surface area (Å²) in [5, 5.41) is 0. The molecule has 2 N–H and O–H groups in total. The Labute approximate surface area is 141 Å².